The van der Waals surface area contributed by atoms with E-state index in [-0.39, 0.29) is 28.9 Å². The number of nitrogens with zero attached hydrogens (tertiary/aromatic N) is 1. The van der Waals surface area contributed by atoms with Crippen molar-refractivity contribution in [2.24, 2.45) is 17.3 Å². The van der Waals surface area contributed by atoms with Gasteiger partial charge in [0.1, 0.15) is 23.0 Å². The summed E-state index contributed by atoms with van der Waals surface area (Å²) in [7, 11) is 0. The topological polar surface area (TPSA) is 40.5 Å². The van der Waals surface area contributed by atoms with E-state index in [0.717, 1.165) is 24.8 Å². The molecule has 1 fully saturated rings. The maximum absolute atomic E-state index is 13.8. The van der Waals surface area contributed by atoms with Gasteiger partial charge in [-0.25, -0.2) is 18.2 Å². The highest BCUT2D eigenvalue weighted by molar-refractivity contribution is 5.94. The van der Waals surface area contributed by atoms with Crippen LogP contribution in [0.15, 0.2) is 49.1 Å². The quantitative estimate of drug-likeness (QED) is 0.384. The van der Waals surface area contributed by atoms with Crippen LogP contribution in [0, 0.1) is 34.7 Å². The highest BCUT2D eigenvalue weighted by Gasteiger charge is 2.39. The minimum atomic E-state index is -1.37. The van der Waals surface area contributed by atoms with Crippen molar-refractivity contribution in [3.05, 3.63) is 72.1 Å². The van der Waals surface area contributed by atoms with Crippen LogP contribution in [0.1, 0.15) is 43.5 Å². The molecule has 0 bridgehead atoms. The summed E-state index contributed by atoms with van der Waals surface area (Å²) < 4.78 is 40.6. The average Bonchev–Trinajstić information content (AvgIpc) is 2.60. The molecule has 152 valence electrons. The van der Waals surface area contributed by atoms with E-state index in [2.05, 4.69) is 26.7 Å². The van der Waals surface area contributed by atoms with E-state index in [9.17, 15) is 23.2 Å². The lowest BCUT2D eigenvalue weighted by molar-refractivity contribution is -0.0539. The molecule has 0 heterocycles. The number of amides is 1. The fourth-order valence-corrected chi connectivity index (χ4v) is 3.98. The normalized spacial score (nSPS) is 24.5. The van der Waals surface area contributed by atoms with Crippen LogP contribution in [0.2, 0.25) is 0 Å². The molecule has 0 aromatic heterocycles. The van der Waals surface area contributed by atoms with Crippen LogP contribution in [0.3, 0.4) is 0 Å². The molecule has 0 aliphatic heterocycles. The van der Waals surface area contributed by atoms with E-state index in [1.165, 1.54) is 0 Å². The fourth-order valence-electron chi connectivity index (χ4n) is 3.98. The largest absolute Gasteiger partial charge is 0.285 e. The van der Waals surface area contributed by atoms with Gasteiger partial charge in [-0.2, -0.15) is 0 Å². The maximum Gasteiger partial charge on any atom is 0.283 e. The molecule has 1 aliphatic carbocycles. The van der Waals surface area contributed by atoms with Crippen LogP contribution in [0.25, 0.3) is 0 Å². The molecule has 1 amide bonds. The van der Waals surface area contributed by atoms with Crippen molar-refractivity contribution in [1.82, 2.24) is 5.06 Å². The number of allylic oxidation sites excluding steroid dienone is 2. The predicted molar refractivity (Wildman–Crippen MR) is 102 cm³/mol. The third-order valence-electron chi connectivity index (χ3n) is 5.79. The minimum absolute atomic E-state index is 0.0140. The molecular weight excluding hydrogens is 367 g/mol. The molecule has 3 nitrogen and oxygen atoms in total. The van der Waals surface area contributed by atoms with Crippen molar-refractivity contribution < 1.29 is 23.2 Å². The monoisotopic (exact) mass is 393 g/mol. The van der Waals surface area contributed by atoms with Crippen LogP contribution in [-0.4, -0.2) is 22.7 Å². The van der Waals surface area contributed by atoms with Gasteiger partial charge in [-0.05, 0) is 43.4 Å². The van der Waals surface area contributed by atoms with Gasteiger partial charge in [0.2, 0.25) is 0 Å². The third kappa shape index (κ3) is 4.38. The number of hydroxylamine groups is 2. The Morgan fingerprint density at radius 2 is 1.89 bits per heavy atom. The lowest BCUT2D eigenvalue weighted by Gasteiger charge is -2.44. The van der Waals surface area contributed by atoms with E-state index < -0.39 is 28.9 Å². The Bertz CT molecular complexity index is 797. The SMILES string of the molecule is C=C[C@]1(C)CC[C@@H](C(=C)CN(O)C(=O)c2c(F)cc(F)cc2F)C[C@H]1C(=C)C. The zero-order chi connectivity index (χ0) is 21.2. The van der Waals surface area contributed by atoms with Gasteiger partial charge in [0.15, 0.2) is 0 Å². The zero-order valence-corrected chi connectivity index (χ0v) is 16.3. The van der Waals surface area contributed by atoms with Crippen molar-refractivity contribution in [3.63, 3.8) is 0 Å². The summed E-state index contributed by atoms with van der Waals surface area (Å²) in [5, 5.41) is 10.3. The molecular formula is C22H26F3NO2. The second kappa shape index (κ2) is 8.35. The Morgan fingerprint density at radius 1 is 1.32 bits per heavy atom. The smallest absolute Gasteiger partial charge is 0.283 e. The molecule has 2 rings (SSSR count). The van der Waals surface area contributed by atoms with Crippen LogP contribution in [0.4, 0.5) is 13.2 Å². The van der Waals surface area contributed by atoms with Gasteiger partial charge in [0, 0.05) is 12.1 Å². The maximum atomic E-state index is 13.8. The lowest BCUT2D eigenvalue weighted by Crippen LogP contribution is -2.37. The third-order valence-corrected chi connectivity index (χ3v) is 5.79. The Balaban J connectivity index is 2.11. The lowest BCUT2D eigenvalue weighted by atomic mass is 9.61. The highest BCUT2D eigenvalue weighted by Crippen LogP contribution is 2.48. The summed E-state index contributed by atoms with van der Waals surface area (Å²) in [6.07, 6.45) is 4.30. The molecule has 0 unspecified atom stereocenters. The van der Waals surface area contributed by atoms with E-state index in [0.29, 0.717) is 17.7 Å². The molecule has 0 saturated heterocycles. The van der Waals surface area contributed by atoms with Gasteiger partial charge in [0.05, 0.1) is 6.54 Å². The fraction of sp³-hybridized carbons (Fsp3) is 0.409. The molecule has 1 saturated carbocycles. The van der Waals surface area contributed by atoms with E-state index in [1.54, 1.807) is 0 Å². The number of rotatable bonds is 6. The summed E-state index contributed by atoms with van der Waals surface area (Å²) in [5.41, 5.74) is 0.514. The summed E-state index contributed by atoms with van der Waals surface area (Å²) in [6.45, 7) is 15.8. The molecule has 28 heavy (non-hydrogen) atoms. The second-order valence-electron chi connectivity index (χ2n) is 7.85. The van der Waals surface area contributed by atoms with Gasteiger partial charge in [-0.1, -0.05) is 37.3 Å². The van der Waals surface area contributed by atoms with Crippen LogP contribution < -0.4 is 0 Å². The van der Waals surface area contributed by atoms with Crippen molar-refractivity contribution in [3.8, 4) is 0 Å². The molecule has 6 heteroatoms. The van der Waals surface area contributed by atoms with Crippen molar-refractivity contribution in [2.75, 3.05) is 6.54 Å². The molecule has 1 aromatic rings. The van der Waals surface area contributed by atoms with Crippen LogP contribution >= 0.6 is 0 Å². The van der Waals surface area contributed by atoms with E-state index in [4.69, 9.17) is 0 Å². The van der Waals surface area contributed by atoms with Gasteiger partial charge in [0.25, 0.3) is 5.91 Å². The first-order chi connectivity index (χ1) is 13.0. The number of hydrogen-bond acceptors (Lipinski definition) is 2. The van der Waals surface area contributed by atoms with Gasteiger partial charge < -0.3 is 0 Å². The first-order valence-corrected chi connectivity index (χ1v) is 9.12. The molecule has 0 spiro atoms. The number of hydrogen-bond donors (Lipinski definition) is 1. The Labute approximate surface area is 163 Å². The Morgan fingerprint density at radius 3 is 2.39 bits per heavy atom. The van der Waals surface area contributed by atoms with Crippen LogP contribution in [0.5, 0.6) is 0 Å². The van der Waals surface area contributed by atoms with Gasteiger partial charge in [-0.15, -0.1) is 6.58 Å². The van der Waals surface area contributed by atoms with Crippen LogP contribution in [-0.2, 0) is 0 Å². The minimum Gasteiger partial charge on any atom is -0.285 e. The standard InChI is InChI=1S/C22H26F3NO2/c1-6-22(5)8-7-15(9-17(22)13(2)3)14(4)12-26(28)21(27)20-18(24)10-16(23)11-19(20)25/h6,10-11,15,17,28H,1-2,4,7-9,12H2,3,5H3/t15-,17+,22-/m1/s1. The summed E-state index contributed by atoms with van der Waals surface area (Å²) in [6, 6.07) is 0.793. The Kier molecular flexibility index (Phi) is 6.55. The number of carbonyl (C=O) groups is 1. The molecule has 1 aliphatic rings. The molecule has 1 aromatic carbocycles. The summed E-state index contributed by atoms with van der Waals surface area (Å²) in [4.78, 5) is 12.2. The highest BCUT2D eigenvalue weighted by atomic mass is 19.1. The second-order valence-corrected chi connectivity index (χ2v) is 7.85. The van der Waals surface area contributed by atoms with Crippen molar-refractivity contribution >= 4 is 5.91 Å². The zero-order valence-electron chi connectivity index (χ0n) is 16.3. The summed E-state index contributed by atoms with van der Waals surface area (Å²) in [5.74, 6) is -4.96. The Hall–Kier alpha value is -2.34. The van der Waals surface area contributed by atoms with Crippen molar-refractivity contribution in [1.29, 1.82) is 0 Å². The van der Waals surface area contributed by atoms with Gasteiger partial charge in [-0.3, -0.25) is 10.0 Å². The predicted octanol–water partition coefficient (Wildman–Crippen LogP) is 5.68. The van der Waals surface area contributed by atoms with Crippen molar-refractivity contribution in [2.45, 2.75) is 33.1 Å². The number of benzene rings is 1. The molecule has 0 radical (unpaired) electrons. The summed E-state index contributed by atoms with van der Waals surface area (Å²) >= 11 is 0. The molecule has 3 atom stereocenters. The van der Waals surface area contributed by atoms with E-state index >= 15 is 0 Å². The molecule has 1 N–H and O–H groups in total. The first-order valence-electron chi connectivity index (χ1n) is 9.12. The number of halogens is 3. The average molecular weight is 393 g/mol. The van der Waals surface area contributed by atoms with Gasteiger partial charge >= 0.3 is 0 Å². The first kappa shape index (κ1) is 22.0. The number of carbonyl (C=O) groups excluding carboxylic acids is 1. The van der Waals surface area contributed by atoms with E-state index in [1.807, 2.05) is 13.0 Å².